The second-order valence-corrected chi connectivity index (χ2v) is 5.98. The molecule has 2 radical (unpaired) electrons. The molecule has 0 heterocycles. The fraction of sp³-hybridized carbons (Fsp3) is 0.588. The molecule has 1 aromatic carbocycles. The van der Waals surface area contributed by atoms with Crippen LogP contribution in [0.5, 0.6) is 0 Å². The van der Waals surface area contributed by atoms with Gasteiger partial charge in [-0.15, -0.1) is 0 Å². The summed E-state index contributed by atoms with van der Waals surface area (Å²) in [6.07, 6.45) is 5.12. The monoisotopic (exact) mass is 285 g/mol. The van der Waals surface area contributed by atoms with Gasteiger partial charge in [-0.2, -0.15) is 0 Å². The summed E-state index contributed by atoms with van der Waals surface area (Å²) in [6.45, 7) is 3.02. The summed E-state index contributed by atoms with van der Waals surface area (Å²) in [6, 6.07) is 10.9. The minimum atomic E-state index is -0.241. The summed E-state index contributed by atoms with van der Waals surface area (Å²) in [4.78, 5) is 11.8. The SMILES string of the molecule is [B]OC(=O)C(CCCC)C1CC(NCc2ccccc2)C1. The van der Waals surface area contributed by atoms with Gasteiger partial charge in [0.05, 0.1) is 5.92 Å². The van der Waals surface area contributed by atoms with Gasteiger partial charge in [0.2, 0.25) is 0 Å². The van der Waals surface area contributed by atoms with E-state index in [1.54, 1.807) is 0 Å². The van der Waals surface area contributed by atoms with Crippen molar-refractivity contribution in [3.8, 4) is 0 Å². The van der Waals surface area contributed by atoms with Crippen molar-refractivity contribution in [2.24, 2.45) is 11.8 Å². The molecule has 3 nitrogen and oxygen atoms in total. The van der Waals surface area contributed by atoms with Crippen LogP contribution in [-0.4, -0.2) is 20.1 Å². The molecule has 0 saturated heterocycles. The molecule has 1 fully saturated rings. The van der Waals surface area contributed by atoms with Crippen LogP contribution in [0.3, 0.4) is 0 Å². The maximum atomic E-state index is 11.8. The first-order chi connectivity index (χ1) is 10.2. The highest BCUT2D eigenvalue weighted by atomic mass is 16.5. The Morgan fingerprint density at radius 1 is 1.38 bits per heavy atom. The molecule has 1 saturated carbocycles. The van der Waals surface area contributed by atoms with Gasteiger partial charge >= 0.3 is 8.05 Å². The lowest BCUT2D eigenvalue weighted by Crippen LogP contribution is -2.45. The minimum Gasteiger partial charge on any atom is -0.543 e. The number of rotatable bonds is 8. The fourth-order valence-electron chi connectivity index (χ4n) is 3.07. The predicted molar refractivity (Wildman–Crippen MR) is 84.7 cm³/mol. The van der Waals surface area contributed by atoms with E-state index in [4.69, 9.17) is 8.05 Å². The van der Waals surface area contributed by atoms with Gasteiger partial charge in [-0.3, -0.25) is 4.79 Å². The van der Waals surface area contributed by atoms with E-state index in [-0.39, 0.29) is 11.9 Å². The van der Waals surface area contributed by atoms with Crippen LogP contribution in [0.1, 0.15) is 44.6 Å². The quantitative estimate of drug-likeness (QED) is 0.746. The van der Waals surface area contributed by atoms with Crippen molar-refractivity contribution < 1.29 is 9.45 Å². The third-order valence-corrected chi connectivity index (χ3v) is 4.47. The molecule has 4 heteroatoms. The third kappa shape index (κ3) is 4.60. The molecule has 0 amide bonds. The topological polar surface area (TPSA) is 38.3 Å². The highest BCUT2D eigenvalue weighted by molar-refractivity contribution is 6.05. The molecule has 1 aliphatic rings. The summed E-state index contributed by atoms with van der Waals surface area (Å²) < 4.78 is 4.47. The number of carbonyl (C=O) groups excluding carboxylic acids is 1. The van der Waals surface area contributed by atoms with Crippen LogP contribution in [0.4, 0.5) is 0 Å². The summed E-state index contributed by atoms with van der Waals surface area (Å²) in [7, 11) is 5.07. The van der Waals surface area contributed by atoms with Gasteiger partial charge in [-0.05, 0) is 30.7 Å². The van der Waals surface area contributed by atoms with Crippen LogP contribution in [0.2, 0.25) is 0 Å². The number of nitrogens with one attached hydrogen (secondary N) is 1. The summed E-state index contributed by atoms with van der Waals surface area (Å²) in [5.41, 5.74) is 1.30. The Morgan fingerprint density at radius 2 is 2.10 bits per heavy atom. The Kier molecular flexibility index (Phi) is 6.31. The van der Waals surface area contributed by atoms with Gasteiger partial charge in [0.1, 0.15) is 0 Å². The van der Waals surface area contributed by atoms with Crippen molar-refractivity contribution in [2.75, 3.05) is 0 Å². The van der Waals surface area contributed by atoms with Crippen LogP contribution in [0.15, 0.2) is 30.3 Å². The summed E-state index contributed by atoms with van der Waals surface area (Å²) in [5.74, 6) is 0.153. The Bertz CT molecular complexity index is 432. The maximum Gasteiger partial charge on any atom is 0.378 e. The number of hydrogen-bond acceptors (Lipinski definition) is 3. The molecule has 2 rings (SSSR count). The zero-order chi connectivity index (χ0) is 15.1. The standard InChI is InChI=1S/C17H24BNO2/c1-2-3-9-16(17(20)21-18)14-10-15(11-14)19-12-13-7-5-4-6-8-13/h4-8,14-16,19H,2-3,9-12H2,1H3. The van der Waals surface area contributed by atoms with Gasteiger partial charge in [0, 0.05) is 12.6 Å². The van der Waals surface area contributed by atoms with Crippen molar-refractivity contribution in [2.45, 2.75) is 51.6 Å². The second-order valence-electron chi connectivity index (χ2n) is 5.98. The molecular formula is C17H24BNO2. The van der Waals surface area contributed by atoms with E-state index in [0.29, 0.717) is 12.0 Å². The zero-order valence-corrected chi connectivity index (χ0v) is 12.8. The first-order valence-electron chi connectivity index (χ1n) is 7.92. The van der Waals surface area contributed by atoms with Crippen LogP contribution < -0.4 is 5.32 Å². The van der Waals surface area contributed by atoms with Crippen molar-refractivity contribution in [3.63, 3.8) is 0 Å². The number of benzene rings is 1. The molecule has 21 heavy (non-hydrogen) atoms. The molecule has 0 aromatic heterocycles. The van der Waals surface area contributed by atoms with Crippen LogP contribution in [0.25, 0.3) is 0 Å². The van der Waals surface area contributed by atoms with Gasteiger partial charge in [0.15, 0.2) is 0 Å². The van der Waals surface area contributed by atoms with E-state index >= 15 is 0 Å². The first-order valence-corrected chi connectivity index (χ1v) is 7.92. The Labute approximate surface area is 128 Å². The van der Waals surface area contributed by atoms with Crippen LogP contribution >= 0.6 is 0 Å². The lowest BCUT2D eigenvalue weighted by molar-refractivity contribution is -0.142. The lowest BCUT2D eigenvalue weighted by Gasteiger charge is -2.40. The molecule has 0 spiro atoms. The van der Waals surface area contributed by atoms with Crippen LogP contribution in [0, 0.1) is 11.8 Å². The minimum absolute atomic E-state index is 0.0234. The molecule has 1 N–H and O–H groups in total. The van der Waals surface area contributed by atoms with E-state index in [2.05, 4.69) is 41.2 Å². The number of hydrogen-bond donors (Lipinski definition) is 1. The Balaban J connectivity index is 1.74. The normalized spacial score (nSPS) is 22.3. The predicted octanol–water partition coefficient (Wildman–Crippen LogP) is 2.99. The van der Waals surface area contributed by atoms with Crippen LogP contribution in [-0.2, 0) is 16.0 Å². The third-order valence-electron chi connectivity index (χ3n) is 4.47. The molecule has 112 valence electrons. The second kappa shape index (κ2) is 8.23. The summed E-state index contributed by atoms with van der Waals surface area (Å²) in [5, 5.41) is 3.55. The number of unbranched alkanes of at least 4 members (excludes halogenated alkanes) is 1. The van der Waals surface area contributed by atoms with E-state index in [1.165, 1.54) is 5.56 Å². The smallest absolute Gasteiger partial charge is 0.378 e. The number of carbonyl (C=O) groups is 1. The Hall–Kier alpha value is -1.29. The van der Waals surface area contributed by atoms with E-state index in [9.17, 15) is 4.79 Å². The molecule has 0 aliphatic heterocycles. The molecule has 1 unspecified atom stereocenters. The summed E-state index contributed by atoms with van der Waals surface area (Å²) >= 11 is 0. The first kappa shape index (κ1) is 16.1. The molecular weight excluding hydrogens is 261 g/mol. The maximum absolute atomic E-state index is 11.8. The van der Waals surface area contributed by atoms with Crippen molar-refractivity contribution in [1.29, 1.82) is 0 Å². The Morgan fingerprint density at radius 3 is 2.71 bits per heavy atom. The largest absolute Gasteiger partial charge is 0.543 e. The van der Waals surface area contributed by atoms with Gasteiger partial charge in [-0.25, -0.2) is 0 Å². The molecule has 1 aliphatic carbocycles. The van der Waals surface area contributed by atoms with E-state index < -0.39 is 0 Å². The molecule has 0 bridgehead atoms. The zero-order valence-electron chi connectivity index (χ0n) is 12.8. The van der Waals surface area contributed by atoms with Gasteiger partial charge in [-0.1, -0.05) is 50.1 Å². The molecule has 1 atom stereocenters. The lowest BCUT2D eigenvalue weighted by atomic mass is 9.70. The van der Waals surface area contributed by atoms with Gasteiger partial charge < -0.3 is 9.97 Å². The van der Waals surface area contributed by atoms with Crippen molar-refractivity contribution in [1.82, 2.24) is 5.32 Å². The van der Waals surface area contributed by atoms with E-state index in [0.717, 1.165) is 38.6 Å². The van der Waals surface area contributed by atoms with Gasteiger partial charge in [0.25, 0.3) is 5.97 Å². The highest BCUT2D eigenvalue weighted by Crippen LogP contribution is 2.37. The molecule has 1 aromatic rings. The van der Waals surface area contributed by atoms with E-state index in [1.807, 2.05) is 6.07 Å². The average molecular weight is 285 g/mol. The highest BCUT2D eigenvalue weighted by Gasteiger charge is 2.38. The fourth-order valence-corrected chi connectivity index (χ4v) is 3.07. The average Bonchev–Trinajstić information content (AvgIpc) is 2.48. The van der Waals surface area contributed by atoms with Crippen molar-refractivity contribution in [3.05, 3.63) is 35.9 Å². The van der Waals surface area contributed by atoms with Crippen molar-refractivity contribution >= 4 is 14.0 Å².